The summed E-state index contributed by atoms with van der Waals surface area (Å²) in [6.07, 6.45) is 4.36. The first-order valence-electron chi connectivity index (χ1n) is 13.9. The predicted molar refractivity (Wildman–Crippen MR) is 152 cm³/mol. The van der Waals surface area contributed by atoms with E-state index >= 15 is 4.39 Å². The first-order chi connectivity index (χ1) is 18.8. The molecular formula is C32H35FN4O2. The van der Waals surface area contributed by atoms with Gasteiger partial charge >= 0.3 is 0 Å². The van der Waals surface area contributed by atoms with Gasteiger partial charge in [-0.15, -0.1) is 0 Å². The van der Waals surface area contributed by atoms with Gasteiger partial charge in [0.05, 0.1) is 17.7 Å². The van der Waals surface area contributed by atoms with Crippen molar-refractivity contribution in [2.24, 2.45) is 11.7 Å². The SMILES string of the molecule is CC(C)C[C@@H](c1ccccc1F)n1nc(-c2ccc(N3C4CCC3CC(O)C4)cc2)c2cc(C(N)=O)ccc21. The van der Waals surface area contributed by atoms with Crippen LogP contribution >= 0.6 is 0 Å². The van der Waals surface area contributed by atoms with E-state index in [1.165, 1.54) is 6.07 Å². The second-order valence-electron chi connectivity index (χ2n) is 11.5. The molecule has 6 rings (SSSR count). The van der Waals surface area contributed by atoms with Gasteiger partial charge in [-0.25, -0.2) is 4.39 Å². The molecule has 3 heterocycles. The molecule has 0 aliphatic carbocycles. The lowest BCUT2D eigenvalue weighted by molar-refractivity contribution is 0.100. The maximum Gasteiger partial charge on any atom is 0.248 e. The average Bonchev–Trinajstić information content (AvgIpc) is 3.42. The van der Waals surface area contributed by atoms with Crippen molar-refractivity contribution >= 4 is 22.5 Å². The molecule has 2 unspecified atom stereocenters. The van der Waals surface area contributed by atoms with Crippen molar-refractivity contribution in [1.29, 1.82) is 0 Å². The second-order valence-corrected chi connectivity index (χ2v) is 11.5. The molecule has 2 aliphatic rings. The van der Waals surface area contributed by atoms with E-state index in [-0.39, 0.29) is 18.0 Å². The number of carbonyl (C=O) groups is 1. The largest absolute Gasteiger partial charge is 0.393 e. The summed E-state index contributed by atoms with van der Waals surface area (Å²) in [5.41, 5.74) is 10.3. The molecule has 0 radical (unpaired) electrons. The lowest BCUT2D eigenvalue weighted by Gasteiger charge is -2.39. The number of nitrogens with two attached hydrogens (primary N) is 1. The summed E-state index contributed by atoms with van der Waals surface area (Å²) >= 11 is 0. The molecule has 2 aliphatic heterocycles. The maximum atomic E-state index is 15.1. The number of anilines is 1. The quantitative estimate of drug-likeness (QED) is 0.306. The van der Waals surface area contributed by atoms with E-state index in [1.54, 1.807) is 18.2 Å². The zero-order valence-electron chi connectivity index (χ0n) is 22.4. The van der Waals surface area contributed by atoms with Crippen molar-refractivity contribution < 1.29 is 14.3 Å². The van der Waals surface area contributed by atoms with Gasteiger partial charge in [0, 0.05) is 39.8 Å². The number of aromatic nitrogens is 2. The number of hydrogen-bond donors (Lipinski definition) is 2. The van der Waals surface area contributed by atoms with Gasteiger partial charge in [-0.1, -0.05) is 44.2 Å². The minimum absolute atomic E-state index is 0.207. The van der Waals surface area contributed by atoms with Gasteiger partial charge < -0.3 is 15.7 Å². The Hall–Kier alpha value is -3.71. The standard InChI is InChI=1S/C32H35FN4O2/c1-19(2)15-30(26-5-3-4-6-28(26)33)37-29-14-9-21(32(34)39)16-27(29)31(35-37)20-7-10-22(11-8-20)36-23-12-13-24(36)18-25(38)17-23/h3-11,14,16,19,23-25,30,38H,12-13,15,17-18H2,1-2H3,(H2,34,39)/t23?,24?,25?,30-/m0/s1. The fourth-order valence-electron chi connectivity index (χ4n) is 6.66. The molecule has 4 aromatic rings. The molecule has 2 fully saturated rings. The van der Waals surface area contributed by atoms with Crippen LogP contribution in [0.4, 0.5) is 10.1 Å². The third-order valence-electron chi connectivity index (χ3n) is 8.39. The van der Waals surface area contributed by atoms with Crippen LogP contribution in [0.2, 0.25) is 0 Å². The van der Waals surface area contributed by atoms with Crippen LogP contribution in [0, 0.1) is 11.7 Å². The van der Waals surface area contributed by atoms with E-state index in [0.717, 1.165) is 53.5 Å². The van der Waals surface area contributed by atoms with Crippen molar-refractivity contribution in [2.45, 2.75) is 70.2 Å². The number of amides is 1. The first-order valence-corrected chi connectivity index (χ1v) is 13.9. The monoisotopic (exact) mass is 526 g/mol. The number of aliphatic hydroxyl groups is 1. The topological polar surface area (TPSA) is 84.4 Å². The Bertz CT molecular complexity index is 1500. The average molecular weight is 527 g/mol. The van der Waals surface area contributed by atoms with Crippen molar-refractivity contribution in [3.63, 3.8) is 0 Å². The van der Waals surface area contributed by atoms with E-state index in [1.807, 2.05) is 22.9 Å². The minimum atomic E-state index is -0.499. The number of aliphatic hydroxyl groups excluding tert-OH is 1. The third kappa shape index (κ3) is 4.69. The Labute approximate surface area is 228 Å². The number of hydrogen-bond acceptors (Lipinski definition) is 4. The van der Waals surface area contributed by atoms with Crippen LogP contribution in [0.3, 0.4) is 0 Å². The Balaban J connectivity index is 1.45. The summed E-state index contributed by atoms with van der Waals surface area (Å²) in [6.45, 7) is 4.24. The van der Waals surface area contributed by atoms with Crippen LogP contribution in [0.15, 0.2) is 66.7 Å². The fourth-order valence-corrected chi connectivity index (χ4v) is 6.66. The molecule has 3 aromatic carbocycles. The summed E-state index contributed by atoms with van der Waals surface area (Å²) < 4.78 is 17.0. The van der Waals surface area contributed by atoms with Crippen molar-refractivity contribution in [3.05, 3.63) is 83.7 Å². The number of piperidine rings is 1. The van der Waals surface area contributed by atoms with Gasteiger partial charge in [-0.2, -0.15) is 5.10 Å². The van der Waals surface area contributed by atoms with E-state index in [9.17, 15) is 9.90 Å². The van der Waals surface area contributed by atoms with Crippen molar-refractivity contribution in [3.8, 4) is 11.3 Å². The highest BCUT2D eigenvalue weighted by molar-refractivity contribution is 6.01. The lowest BCUT2D eigenvalue weighted by atomic mass is 9.96. The first kappa shape index (κ1) is 25.6. The number of fused-ring (bicyclic) bond motifs is 3. The Kier molecular flexibility index (Phi) is 6.63. The van der Waals surface area contributed by atoms with E-state index < -0.39 is 5.91 Å². The molecule has 7 heteroatoms. The summed E-state index contributed by atoms with van der Waals surface area (Å²) in [6, 6.07) is 21.1. The zero-order chi connectivity index (χ0) is 27.3. The molecule has 1 aromatic heterocycles. The number of halogens is 1. The van der Waals surface area contributed by atoms with Gasteiger partial charge in [0.25, 0.3) is 0 Å². The fraction of sp³-hybridized carbons (Fsp3) is 0.375. The second kappa shape index (κ2) is 10.1. The van der Waals surface area contributed by atoms with Crippen LogP contribution in [0.5, 0.6) is 0 Å². The van der Waals surface area contributed by atoms with Crippen molar-refractivity contribution in [1.82, 2.24) is 9.78 Å². The van der Waals surface area contributed by atoms with Crippen molar-refractivity contribution in [2.75, 3.05) is 4.90 Å². The molecule has 6 nitrogen and oxygen atoms in total. The molecule has 39 heavy (non-hydrogen) atoms. The number of primary amides is 1. The molecule has 3 N–H and O–H groups in total. The lowest BCUT2D eigenvalue weighted by Crippen LogP contribution is -2.44. The number of carbonyl (C=O) groups excluding carboxylic acids is 1. The smallest absolute Gasteiger partial charge is 0.248 e. The summed E-state index contributed by atoms with van der Waals surface area (Å²) in [5.74, 6) is -0.450. The summed E-state index contributed by atoms with van der Waals surface area (Å²) in [7, 11) is 0. The Morgan fingerprint density at radius 1 is 1.05 bits per heavy atom. The van der Waals surface area contributed by atoms with Gasteiger partial charge in [0.1, 0.15) is 11.5 Å². The minimum Gasteiger partial charge on any atom is -0.393 e. The molecule has 0 saturated carbocycles. The molecule has 3 atom stereocenters. The molecule has 202 valence electrons. The number of rotatable bonds is 7. The van der Waals surface area contributed by atoms with Crippen LogP contribution in [-0.2, 0) is 0 Å². The number of nitrogens with zero attached hydrogens (tertiary/aromatic N) is 3. The Morgan fingerprint density at radius 3 is 2.38 bits per heavy atom. The van der Waals surface area contributed by atoms with Crippen LogP contribution in [0.25, 0.3) is 22.2 Å². The molecule has 0 spiro atoms. The van der Waals surface area contributed by atoms with E-state index in [4.69, 9.17) is 10.8 Å². The van der Waals surface area contributed by atoms with Gasteiger partial charge in [0.2, 0.25) is 5.91 Å². The zero-order valence-corrected chi connectivity index (χ0v) is 22.4. The normalized spacial score (nSPS) is 21.6. The van der Waals surface area contributed by atoms with Crippen LogP contribution in [-0.4, -0.2) is 39.0 Å². The Morgan fingerprint density at radius 2 is 1.74 bits per heavy atom. The molecule has 2 bridgehead atoms. The summed E-state index contributed by atoms with van der Waals surface area (Å²) in [5, 5.41) is 16.1. The van der Waals surface area contributed by atoms with Gasteiger partial charge in [-0.05, 0) is 74.4 Å². The molecule has 1 amide bonds. The predicted octanol–water partition coefficient (Wildman–Crippen LogP) is 6.07. The van der Waals surface area contributed by atoms with E-state index in [0.29, 0.717) is 35.5 Å². The third-order valence-corrected chi connectivity index (χ3v) is 8.39. The summed E-state index contributed by atoms with van der Waals surface area (Å²) in [4.78, 5) is 14.5. The van der Waals surface area contributed by atoms with Gasteiger partial charge in [-0.3, -0.25) is 9.48 Å². The van der Waals surface area contributed by atoms with Gasteiger partial charge in [0.15, 0.2) is 0 Å². The van der Waals surface area contributed by atoms with Crippen LogP contribution in [0.1, 0.15) is 67.9 Å². The van der Waals surface area contributed by atoms with Crippen LogP contribution < -0.4 is 10.6 Å². The highest BCUT2D eigenvalue weighted by atomic mass is 19.1. The van der Waals surface area contributed by atoms with E-state index in [2.05, 4.69) is 43.0 Å². The highest BCUT2D eigenvalue weighted by Gasteiger charge is 2.40. The molecule has 2 saturated heterocycles. The highest BCUT2D eigenvalue weighted by Crippen LogP contribution is 2.41. The number of benzene rings is 3. The maximum absolute atomic E-state index is 15.1. The molecular weight excluding hydrogens is 491 g/mol.